The molecule has 0 bridgehead atoms. The molecule has 0 rings (SSSR count). The van der Waals surface area contributed by atoms with Crippen LogP contribution in [0.1, 0.15) is 0 Å². The third-order valence-corrected chi connectivity index (χ3v) is 0. The quantitative estimate of drug-likeness (QED) is 0.398. The Bertz CT molecular complexity index is 88.0. The first-order valence-electron chi connectivity index (χ1n) is 0.698. The fourth-order valence-corrected chi connectivity index (χ4v) is 0. The Morgan fingerprint density at radius 1 is 0.636 bits per heavy atom. The van der Waals surface area contributed by atoms with Gasteiger partial charge < -0.3 is 32.9 Å². The van der Waals surface area contributed by atoms with Crippen LogP contribution in [0, 0.1) is 0 Å². The summed E-state index contributed by atoms with van der Waals surface area (Å²) >= 11 is -5.25. The van der Waals surface area contributed by atoms with Gasteiger partial charge in [-0.1, -0.05) is 0 Å². The number of hydrogen-bond acceptors (Lipinski definition) is 2. The van der Waals surface area contributed by atoms with E-state index in [1.54, 1.807) is 0 Å². The molecule has 14 N–H and O–H groups in total. The van der Waals surface area contributed by atoms with Gasteiger partial charge in [-0.15, -0.1) is 0 Å². The van der Waals surface area contributed by atoms with E-state index in [4.69, 9.17) is 16.0 Å². The van der Waals surface area contributed by atoms with Crippen LogP contribution in [0.5, 0.6) is 0 Å². The van der Waals surface area contributed by atoms with Crippen LogP contribution < -0.4 is 0 Å². The van der Waals surface area contributed by atoms with Crippen LogP contribution in [0.4, 0.5) is 0 Å². The van der Waals surface area contributed by atoms with Crippen molar-refractivity contribution in [3.05, 3.63) is 0 Å². The van der Waals surface area contributed by atoms with Crippen molar-refractivity contribution in [2.75, 3.05) is 0 Å². The molecule has 0 heterocycles. The molecule has 0 fully saturated rings. The zero-order valence-electron chi connectivity index (χ0n) is 5.12. The molecular weight excluding hydrogens is 239 g/mol. The summed E-state index contributed by atoms with van der Waals surface area (Å²) in [5.41, 5.74) is 0. The van der Waals surface area contributed by atoms with Crippen molar-refractivity contribution in [2.45, 2.75) is 0 Å². The average Bonchev–Trinajstić information content (AvgIpc) is 0.722. The normalized spacial score (nSPS) is 5.27. The number of hydrogen-bond donors (Lipinski definition) is 2. The predicted molar refractivity (Wildman–Crippen MR) is 33.2 cm³/mol. The molecule has 0 radical (unpaired) electrons. The third kappa shape index (κ3) is 14800. The monoisotopic (exact) mass is 254 g/mol. The maximum absolute atomic E-state index is 8.82. The first-order valence-corrected chi connectivity index (χ1v) is 3.63. The average molecular weight is 253 g/mol. The Labute approximate surface area is 63.2 Å². The summed E-state index contributed by atoms with van der Waals surface area (Å²) in [5, 5.41) is 0. The summed E-state index contributed by atoms with van der Waals surface area (Å²) in [7, 11) is 0. The van der Waals surface area contributed by atoms with E-state index >= 15 is 0 Å². The molecule has 0 unspecified atom stereocenters. The molecule has 11 heavy (non-hydrogen) atoms. The molecule has 0 aromatic heterocycles. The van der Waals surface area contributed by atoms with Crippen molar-refractivity contribution in [1.82, 2.24) is 0 Å². The van der Waals surface area contributed by atoms with Gasteiger partial charge in [0.1, 0.15) is 0 Å². The van der Waals surface area contributed by atoms with Gasteiger partial charge >= 0.3 is 29.4 Å². The van der Waals surface area contributed by atoms with E-state index in [0.29, 0.717) is 0 Å². The minimum atomic E-state index is -5.25. The molecule has 0 aliphatic heterocycles. The van der Waals surface area contributed by atoms with Gasteiger partial charge in [-0.2, -0.15) is 0 Å². The van der Waals surface area contributed by atoms with E-state index < -0.39 is 13.4 Å². The SMILES string of the molecule is O.O.O.O.O.O.O=[Se](=O)(O)O. The van der Waals surface area contributed by atoms with E-state index in [1.165, 1.54) is 0 Å². The van der Waals surface area contributed by atoms with Crippen molar-refractivity contribution in [3.63, 3.8) is 0 Å². The predicted octanol–water partition coefficient (Wildman–Crippen LogP) is -6.68. The van der Waals surface area contributed by atoms with Crippen LogP contribution in [-0.2, 0) is 7.67 Å². The second-order valence-electron chi connectivity index (χ2n) is 0.448. The molecule has 0 amide bonds. The zero-order chi connectivity index (χ0) is 4.50. The third-order valence-electron chi connectivity index (χ3n) is 0. The number of rotatable bonds is 0. The molecule has 0 atom stereocenters. The molecule has 0 saturated heterocycles. The maximum atomic E-state index is 8.82. The molecule has 80 valence electrons. The fourth-order valence-electron chi connectivity index (χ4n) is 0. The summed E-state index contributed by atoms with van der Waals surface area (Å²) in [6, 6.07) is 0. The molecule has 0 saturated carbocycles. The Hall–Kier alpha value is -0.201. The van der Waals surface area contributed by atoms with Crippen molar-refractivity contribution in [1.29, 1.82) is 0 Å². The van der Waals surface area contributed by atoms with Crippen molar-refractivity contribution in [2.24, 2.45) is 0 Å². The second kappa shape index (κ2) is 22.6. The molecular formula is H14O10Se. The second-order valence-corrected chi connectivity index (χ2v) is 2.33. The Balaban J connectivity index is -0.00000000533. The zero-order valence-corrected chi connectivity index (χ0v) is 6.83. The summed E-state index contributed by atoms with van der Waals surface area (Å²) in [6.07, 6.45) is 0. The molecule has 11 heteroatoms. The van der Waals surface area contributed by atoms with Gasteiger partial charge in [-0.25, -0.2) is 0 Å². The first-order chi connectivity index (χ1) is 2.00. The van der Waals surface area contributed by atoms with Crippen molar-refractivity contribution < 1.29 is 48.9 Å². The van der Waals surface area contributed by atoms with E-state index in [-0.39, 0.29) is 32.9 Å². The molecule has 0 aromatic carbocycles. The molecule has 0 aliphatic rings. The van der Waals surface area contributed by atoms with E-state index in [2.05, 4.69) is 0 Å². The van der Waals surface area contributed by atoms with Gasteiger partial charge in [0.25, 0.3) is 0 Å². The first kappa shape index (κ1) is 71.8. The standard InChI is InChI=1S/H2O4Se.6H2O/c1-5(2,3)4;;;;;;/h(H2,1,2,3,4);6*1H2. The Morgan fingerprint density at radius 3 is 0.636 bits per heavy atom. The van der Waals surface area contributed by atoms with Gasteiger partial charge in [0, 0.05) is 0 Å². The minimum absolute atomic E-state index is 0. The topological polar surface area (TPSA) is 264 Å². The van der Waals surface area contributed by atoms with Gasteiger partial charge in [0.2, 0.25) is 0 Å². The van der Waals surface area contributed by atoms with Crippen molar-refractivity contribution >= 4 is 13.4 Å². The van der Waals surface area contributed by atoms with E-state index in [0.717, 1.165) is 0 Å². The summed E-state index contributed by atoms with van der Waals surface area (Å²) < 4.78 is 31.9. The summed E-state index contributed by atoms with van der Waals surface area (Å²) in [4.78, 5) is 0. The molecule has 10 nitrogen and oxygen atoms in total. The van der Waals surface area contributed by atoms with Crippen LogP contribution in [0.3, 0.4) is 0 Å². The van der Waals surface area contributed by atoms with Gasteiger partial charge in [-0.05, 0) is 0 Å². The van der Waals surface area contributed by atoms with Gasteiger partial charge in [0.05, 0.1) is 0 Å². The molecule has 0 aliphatic carbocycles. The van der Waals surface area contributed by atoms with Gasteiger partial charge in [0.15, 0.2) is 0 Å². The Kier molecular flexibility index (Phi) is 147. The van der Waals surface area contributed by atoms with Crippen molar-refractivity contribution in [3.8, 4) is 0 Å². The van der Waals surface area contributed by atoms with E-state index in [9.17, 15) is 0 Å². The fraction of sp³-hybridized carbons (Fsp3) is 0. The van der Waals surface area contributed by atoms with Gasteiger partial charge in [-0.3, -0.25) is 0 Å². The molecule has 0 aromatic rings. The van der Waals surface area contributed by atoms with Crippen LogP contribution in [-0.4, -0.2) is 54.6 Å². The Morgan fingerprint density at radius 2 is 0.636 bits per heavy atom. The summed E-state index contributed by atoms with van der Waals surface area (Å²) in [6.45, 7) is 0. The summed E-state index contributed by atoms with van der Waals surface area (Å²) in [5.74, 6) is 0. The van der Waals surface area contributed by atoms with E-state index in [1.807, 2.05) is 0 Å². The van der Waals surface area contributed by atoms with Crippen LogP contribution >= 0.6 is 0 Å². The van der Waals surface area contributed by atoms with Crippen LogP contribution in [0.2, 0.25) is 0 Å². The van der Waals surface area contributed by atoms with Crippen LogP contribution in [0.15, 0.2) is 0 Å². The van der Waals surface area contributed by atoms with Crippen LogP contribution in [0.25, 0.3) is 0 Å². The molecule has 0 spiro atoms.